The lowest BCUT2D eigenvalue weighted by molar-refractivity contribution is -0.144. The number of rotatable bonds is 7. The van der Waals surface area contributed by atoms with Crippen LogP contribution in [0.4, 0.5) is 13.2 Å². The number of carbonyl (C=O) groups is 2. The Kier molecular flexibility index (Phi) is 7.63. The van der Waals surface area contributed by atoms with E-state index >= 15 is 0 Å². The monoisotopic (exact) mass is 513 g/mol. The minimum Gasteiger partial charge on any atom is -0.480 e. The standard InChI is InChI=1S/C24H20Cl2F3NO4/c1-13(2)21(23(32)33)30(22(31)18-8-6-16(25)11-19(18)26)12-17-7-9-20(34-17)14-4-3-5-15(10-14)24(27,28)29/h3-11,13,21H,12H2,1-2H3,(H,32,33)/t21-/m0/s1. The van der Waals surface area contributed by atoms with Crippen molar-refractivity contribution in [1.29, 1.82) is 0 Å². The quantitative estimate of drug-likeness (QED) is 0.368. The normalized spacial score (nSPS) is 12.6. The minimum atomic E-state index is -4.52. The second-order valence-electron chi connectivity index (χ2n) is 7.93. The summed E-state index contributed by atoms with van der Waals surface area (Å²) in [4.78, 5) is 26.5. The Morgan fingerprint density at radius 2 is 1.76 bits per heavy atom. The summed E-state index contributed by atoms with van der Waals surface area (Å²) in [5, 5.41) is 10.2. The highest BCUT2D eigenvalue weighted by Crippen LogP contribution is 2.33. The van der Waals surface area contributed by atoms with Gasteiger partial charge in [0.15, 0.2) is 0 Å². The van der Waals surface area contributed by atoms with Crippen LogP contribution in [0.25, 0.3) is 11.3 Å². The van der Waals surface area contributed by atoms with Crippen molar-refractivity contribution in [1.82, 2.24) is 4.90 Å². The van der Waals surface area contributed by atoms with Crippen molar-refractivity contribution in [2.45, 2.75) is 32.6 Å². The molecule has 3 aromatic rings. The van der Waals surface area contributed by atoms with Gasteiger partial charge in [0, 0.05) is 10.6 Å². The lowest BCUT2D eigenvalue weighted by atomic mass is 10.0. The molecule has 1 amide bonds. The minimum absolute atomic E-state index is 0.0551. The van der Waals surface area contributed by atoms with Crippen molar-refractivity contribution in [3.8, 4) is 11.3 Å². The van der Waals surface area contributed by atoms with E-state index < -0.39 is 35.6 Å². The molecule has 2 aromatic carbocycles. The van der Waals surface area contributed by atoms with Crippen LogP contribution >= 0.6 is 23.2 Å². The first-order valence-electron chi connectivity index (χ1n) is 10.1. The Morgan fingerprint density at radius 1 is 1.06 bits per heavy atom. The average molecular weight is 514 g/mol. The molecule has 0 aliphatic heterocycles. The molecule has 5 nitrogen and oxygen atoms in total. The van der Waals surface area contributed by atoms with Gasteiger partial charge in [-0.15, -0.1) is 0 Å². The number of benzene rings is 2. The molecule has 0 unspecified atom stereocenters. The predicted octanol–water partition coefficient (Wildman–Crippen LogP) is 7.02. The number of carboxylic acid groups (broad SMARTS) is 1. The highest BCUT2D eigenvalue weighted by atomic mass is 35.5. The lowest BCUT2D eigenvalue weighted by Gasteiger charge is -2.31. The van der Waals surface area contributed by atoms with Crippen LogP contribution in [-0.4, -0.2) is 27.9 Å². The fourth-order valence-electron chi connectivity index (χ4n) is 3.53. The highest BCUT2D eigenvalue weighted by Gasteiger charge is 2.35. The number of alkyl halides is 3. The largest absolute Gasteiger partial charge is 0.480 e. The molecule has 0 saturated heterocycles. The first-order valence-corrected chi connectivity index (χ1v) is 10.9. The smallest absolute Gasteiger partial charge is 0.416 e. The van der Waals surface area contributed by atoms with E-state index in [1.54, 1.807) is 13.8 Å². The molecular weight excluding hydrogens is 494 g/mol. The van der Waals surface area contributed by atoms with Gasteiger partial charge in [-0.2, -0.15) is 13.2 Å². The van der Waals surface area contributed by atoms with E-state index in [0.29, 0.717) is 5.02 Å². The van der Waals surface area contributed by atoms with E-state index in [9.17, 15) is 27.9 Å². The zero-order valence-electron chi connectivity index (χ0n) is 18.1. The van der Waals surface area contributed by atoms with Crippen molar-refractivity contribution < 1.29 is 32.3 Å². The van der Waals surface area contributed by atoms with Crippen molar-refractivity contribution in [2.75, 3.05) is 0 Å². The maximum Gasteiger partial charge on any atom is 0.416 e. The highest BCUT2D eigenvalue weighted by molar-refractivity contribution is 6.36. The van der Waals surface area contributed by atoms with Crippen LogP contribution < -0.4 is 0 Å². The molecule has 0 aliphatic rings. The number of furan rings is 1. The SMILES string of the molecule is CC(C)[C@@H](C(=O)O)N(Cc1ccc(-c2cccc(C(F)(F)F)c2)o1)C(=O)c1ccc(Cl)cc1Cl. The zero-order valence-corrected chi connectivity index (χ0v) is 19.6. The molecule has 0 fully saturated rings. The Morgan fingerprint density at radius 3 is 2.35 bits per heavy atom. The lowest BCUT2D eigenvalue weighted by Crippen LogP contribution is -2.47. The van der Waals surface area contributed by atoms with Crippen molar-refractivity contribution in [2.24, 2.45) is 5.92 Å². The van der Waals surface area contributed by atoms with Crippen molar-refractivity contribution in [3.05, 3.63) is 81.5 Å². The summed E-state index contributed by atoms with van der Waals surface area (Å²) < 4.78 is 44.9. The molecular formula is C24H20Cl2F3NO4. The first kappa shape index (κ1) is 25.6. The van der Waals surface area contributed by atoms with Crippen LogP contribution in [0, 0.1) is 5.92 Å². The van der Waals surface area contributed by atoms with Crippen LogP contribution in [0.1, 0.15) is 35.5 Å². The summed E-state index contributed by atoms with van der Waals surface area (Å²) in [5.74, 6) is -2.00. The van der Waals surface area contributed by atoms with Gasteiger partial charge in [-0.1, -0.05) is 49.2 Å². The third-order valence-corrected chi connectivity index (χ3v) is 5.65. The molecule has 10 heteroatoms. The van der Waals surface area contributed by atoms with E-state index in [1.165, 1.54) is 42.5 Å². The van der Waals surface area contributed by atoms with Gasteiger partial charge in [0.05, 0.1) is 22.7 Å². The van der Waals surface area contributed by atoms with Gasteiger partial charge < -0.3 is 14.4 Å². The van der Waals surface area contributed by atoms with Gasteiger partial charge in [0.2, 0.25) is 0 Å². The van der Waals surface area contributed by atoms with Gasteiger partial charge in [-0.05, 0) is 48.4 Å². The Balaban J connectivity index is 1.97. The van der Waals surface area contributed by atoms with E-state index in [0.717, 1.165) is 17.0 Å². The topological polar surface area (TPSA) is 70.8 Å². The van der Waals surface area contributed by atoms with Crippen LogP contribution in [-0.2, 0) is 17.5 Å². The van der Waals surface area contributed by atoms with Crippen molar-refractivity contribution >= 4 is 35.1 Å². The van der Waals surface area contributed by atoms with Gasteiger partial charge in [-0.3, -0.25) is 4.79 Å². The second kappa shape index (κ2) is 10.1. The van der Waals surface area contributed by atoms with Gasteiger partial charge >= 0.3 is 12.1 Å². The molecule has 34 heavy (non-hydrogen) atoms. The second-order valence-corrected chi connectivity index (χ2v) is 8.77. The van der Waals surface area contributed by atoms with E-state index in [1.807, 2.05) is 0 Å². The predicted molar refractivity (Wildman–Crippen MR) is 122 cm³/mol. The maximum atomic E-state index is 13.3. The summed E-state index contributed by atoms with van der Waals surface area (Å²) in [5.41, 5.74) is -0.580. The number of nitrogens with zero attached hydrogens (tertiary/aromatic N) is 1. The van der Waals surface area contributed by atoms with Crippen LogP contribution in [0.15, 0.2) is 59.0 Å². The third kappa shape index (κ3) is 5.74. The molecule has 0 bridgehead atoms. The third-order valence-electron chi connectivity index (χ3n) is 5.10. The van der Waals surface area contributed by atoms with Gasteiger partial charge in [-0.25, -0.2) is 4.79 Å². The number of hydrogen-bond donors (Lipinski definition) is 1. The number of aliphatic carboxylic acids is 1. The molecule has 1 N–H and O–H groups in total. The van der Waals surface area contributed by atoms with Crippen molar-refractivity contribution in [3.63, 3.8) is 0 Å². The molecule has 1 heterocycles. The van der Waals surface area contributed by atoms with Crippen LogP contribution in [0.3, 0.4) is 0 Å². The number of carbonyl (C=O) groups excluding carboxylic acids is 1. The van der Waals surface area contributed by atoms with Crippen LogP contribution in [0.2, 0.25) is 10.0 Å². The van der Waals surface area contributed by atoms with Gasteiger partial charge in [0.1, 0.15) is 17.6 Å². The maximum absolute atomic E-state index is 13.3. The number of halogens is 5. The molecule has 180 valence electrons. The number of hydrogen-bond acceptors (Lipinski definition) is 3. The zero-order chi connectivity index (χ0) is 25.2. The van der Waals surface area contributed by atoms with Gasteiger partial charge in [0.25, 0.3) is 5.91 Å². The van der Waals surface area contributed by atoms with E-state index in [-0.39, 0.29) is 34.2 Å². The molecule has 0 spiro atoms. The fraction of sp³-hybridized carbons (Fsp3) is 0.250. The fourth-order valence-corrected chi connectivity index (χ4v) is 4.02. The summed E-state index contributed by atoms with van der Waals surface area (Å²) in [6.07, 6.45) is -4.52. The Hall–Kier alpha value is -2.97. The van der Waals surface area contributed by atoms with E-state index in [2.05, 4.69) is 0 Å². The Labute approximate surface area is 203 Å². The molecule has 3 rings (SSSR count). The molecule has 1 aromatic heterocycles. The molecule has 0 saturated carbocycles. The number of carboxylic acids is 1. The molecule has 0 radical (unpaired) electrons. The first-order chi connectivity index (χ1) is 15.9. The summed E-state index contributed by atoms with van der Waals surface area (Å²) in [6.45, 7) is 3.06. The summed E-state index contributed by atoms with van der Waals surface area (Å²) in [7, 11) is 0. The number of amides is 1. The molecule has 1 atom stereocenters. The molecule has 0 aliphatic carbocycles. The summed E-state index contributed by atoms with van der Waals surface area (Å²) in [6, 6.07) is 10.6. The van der Waals surface area contributed by atoms with E-state index in [4.69, 9.17) is 27.6 Å². The summed E-state index contributed by atoms with van der Waals surface area (Å²) >= 11 is 12.1. The average Bonchev–Trinajstić information content (AvgIpc) is 3.20. The van der Waals surface area contributed by atoms with Crippen LogP contribution in [0.5, 0.6) is 0 Å². The Bertz CT molecular complexity index is 1210.